The first kappa shape index (κ1) is 27.6. The summed E-state index contributed by atoms with van der Waals surface area (Å²) < 4.78 is 27.2. The van der Waals surface area contributed by atoms with E-state index in [4.69, 9.17) is 32.5 Å². The van der Waals surface area contributed by atoms with Gasteiger partial charge in [-0.25, -0.2) is 14.2 Å². The fraction of sp³-hybridized carbons (Fsp3) is 0.414. The topological polar surface area (TPSA) is 106 Å². The fourth-order valence-corrected chi connectivity index (χ4v) is 8.15. The van der Waals surface area contributed by atoms with E-state index in [0.717, 1.165) is 35.8 Å². The fourth-order valence-electron chi connectivity index (χ4n) is 6.31. The van der Waals surface area contributed by atoms with E-state index in [9.17, 15) is 19.4 Å². The molecule has 2 bridgehead atoms. The molecule has 0 aliphatic heterocycles. The van der Waals surface area contributed by atoms with Crippen molar-refractivity contribution in [2.24, 2.45) is 11.8 Å². The zero-order valence-electron chi connectivity index (χ0n) is 21.8. The van der Waals surface area contributed by atoms with Crippen molar-refractivity contribution in [1.29, 1.82) is 0 Å². The Morgan fingerprint density at radius 3 is 2.52 bits per heavy atom. The zero-order chi connectivity index (χ0) is 28.3. The van der Waals surface area contributed by atoms with Crippen LogP contribution >= 0.6 is 34.5 Å². The quantitative estimate of drug-likeness (QED) is 0.221. The molecule has 0 amide bonds. The van der Waals surface area contributed by atoms with Crippen LogP contribution in [-0.2, 0) is 16.9 Å². The molecule has 0 radical (unpaired) electrons. The lowest BCUT2D eigenvalue weighted by molar-refractivity contribution is -0.116. The summed E-state index contributed by atoms with van der Waals surface area (Å²) in [7, 11) is 0. The molecular weight excluding hydrogens is 578 g/mol. The van der Waals surface area contributed by atoms with E-state index < -0.39 is 17.4 Å². The van der Waals surface area contributed by atoms with Gasteiger partial charge in [0.2, 0.25) is 0 Å². The number of thiazole rings is 1. The minimum atomic E-state index is -1.21. The number of carboxylic acid groups (broad SMARTS) is 1. The SMILES string of the molecule is CC(C)c1onc(-c2c(Cl)cccc2Cl)c1COC1CC2CC[C@@H](C1)C2(O)c1nc2c(F)cc(C(=O)O)cc2s1. The molecule has 4 aromatic rings. The van der Waals surface area contributed by atoms with E-state index in [2.05, 4.69) is 10.1 Å². The van der Waals surface area contributed by atoms with Crippen LogP contribution in [0.4, 0.5) is 4.39 Å². The van der Waals surface area contributed by atoms with Gasteiger partial charge in [0, 0.05) is 17.0 Å². The van der Waals surface area contributed by atoms with Crippen molar-refractivity contribution in [3.05, 3.63) is 68.1 Å². The maximum atomic E-state index is 14.7. The Bertz CT molecular complexity index is 1590. The van der Waals surface area contributed by atoms with Crippen molar-refractivity contribution < 1.29 is 28.7 Å². The molecule has 2 aliphatic rings. The number of hydrogen-bond acceptors (Lipinski definition) is 7. The molecule has 2 fully saturated rings. The Kier molecular flexibility index (Phi) is 7.15. The highest BCUT2D eigenvalue weighted by Gasteiger charge is 2.56. The summed E-state index contributed by atoms with van der Waals surface area (Å²) in [6.45, 7) is 4.28. The second kappa shape index (κ2) is 10.4. The van der Waals surface area contributed by atoms with E-state index in [1.165, 1.54) is 6.07 Å². The molecule has 6 rings (SSSR count). The lowest BCUT2D eigenvalue weighted by atomic mass is 9.73. The Morgan fingerprint density at radius 1 is 1.23 bits per heavy atom. The zero-order valence-corrected chi connectivity index (χ0v) is 24.1. The van der Waals surface area contributed by atoms with Crippen LogP contribution in [0.3, 0.4) is 0 Å². The number of carboxylic acids is 1. The maximum absolute atomic E-state index is 14.7. The van der Waals surface area contributed by atoms with Gasteiger partial charge < -0.3 is 19.5 Å². The van der Waals surface area contributed by atoms with Crippen LogP contribution in [0.15, 0.2) is 34.9 Å². The first-order chi connectivity index (χ1) is 19.1. The van der Waals surface area contributed by atoms with Gasteiger partial charge in [-0.05, 0) is 61.8 Å². The van der Waals surface area contributed by atoms with Crippen molar-refractivity contribution in [2.45, 2.75) is 63.8 Å². The number of halogens is 3. The molecule has 2 aromatic heterocycles. The van der Waals surface area contributed by atoms with Crippen LogP contribution < -0.4 is 0 Å². The Hall–Kier alpha value is -2.56. The van der Waals surface area contributed by atoms with Crippen molar-refractivity contribution in [3.63, 3.8) is 0 Å². The average molecular weight is 606 g/mol. The van der Waals surface area contributed by atoms with Crippen molar-refractivity contribution in [2.75, 3.05) is 0 Å². The van der Waals surface area contributed by atoms with Gasteiger partial charge in [0.1, 0.15) is 27.6 Å². The third kappa shape index (κ3) is 4.52. The number of aromatic nitrogens is 2. The lowest BCUT2D eigenvalue weighted by Crippen LogP contribution is -2.44. The largest absolute Gasteiger partial charge is 0.478 e. The minimum absolute atomic E-state index is 0.0646. The van der Waals surface area contributed by atoms with Gasteiger partial charge >= 0.3 is 5.97 Å². The number of carbonyl (C=O) groups is 1. The molecule has 7 nitrogen and oxygen atoms in total. The molecule has 40 heavy (non-hydrogen) atoms. The Labute approximate surface area is 243 Å². The number of benzene rings is 2. The third-order valence-electron chi connectivity index (χ3n) is 8.25. The molecule has 2 N–H and O–H groups in total. The summed E-state index contributed by atoms with van der Waals surface area (Å²) in [5, 5.41) is 26.9. The number of hydrogen-bond donors (Lipinski definition) is 2. The normalized spacial score (nSPS) is 24.3. The van der Waals surface area contributed by atoms with Crippen LogP contribution in [0.25, 0.3) is 21.5 Å². The standard InChI is InChI=1S/C29H27Cl2FN2O5S/c1-13(2)26-18(24(34-39-26)23-19(30)4-3-5-20(23)31)12-38-17-10-15-6-7-16(11-17)29(15,37)28-33-25-21(32)8-14(27(35)36)9-22(25)40-28/h3-5,8-9,13,15-17,37H,6-7,10-12H2,1-2H3,(H,35,36)/t15-,16?,17?,29?/m0/s1. The van der Waals surface area contributed by atoms with Crippen LogP contribution in [0.1, 0.15) is 72.1 Å². The highest BCUT2D eigenvalue weighted by molar-refractivity contribution is 7.18. The highest BCUT2D eigenvalue weighted by atomic mass is 35.5. The number of ether oxygens (including phenoxy) is 1. The van der Waals surface area contributed by atoms with E-state index in [1.54, 1.807) is 18.2 Å². The van der Waals surface area contributed by atoms with Gasteiger partial charge in [-0.3, -0.25) is 0 Å². The predicted molar refractivity (Wildman–Crippen MR) is 151 cm³/mol. The minimum Gasteiger partial charge on any atom is -0.478 e. The van der Waals surface area contributed by atoms with Gasteiger partial charge in [-0.2, -0.15) is 0 Å². The summed E-state index contributed by atoms with van der Waals surface area (Å²) in [5.74, 6) is -1.38. The number of rotatable bonds is 7. The summed E-state index contributed by atoms with van der Waals surface area (Å²) in [5.41, 5.74) is 0.707. The van der Waals surface area contributed by atoms with Crippen LogP contribution in [0.5, 0.6) is 0 Å². The molecule has 210 valence electrons. The molecule has 2 aliphatic carbocycles. The Morgan fingerprint density at radius 2 is 1.90 bits per heavy atom. The van der Waals surface area contributed by atoms with Crippen LogP contribution in [0.2, 0.25) is 10.0 Å². The van der Waals surface area contributed by atoms with Crippen molar-refractivity contribution in [1.82, 2.24) is 10.1 Å². The first-order valence-electron chi connectivity index (χ1n) is 13.2. The lowest BCUT2D eigenvalue weighted by Gasteiger charge is -2.41. The molecule has 0 saturated heterocycles. The Balaban J connectivity index is 1.25. The van der Waals surface area contributed by atoms with E-state index in [0.29, 0.717) is 49.6 Å². The number of nitrogens with zero attached hydrogens (tertiary/aromatic N) is 2. The van der Waals surface area contributed by atoms with Gasteiger partial charge in [0.15, 0.2) is 5.82 Å². The second-order valence-electron chi connectivity index (χ2n) is 11.0. The summed E-state index contributed by atoms with van der Waals surface area (Å²) in [4.78, 5) is 15.9. The van der Waals surface area contributed by atoms with E-state index >= 15 is 0 Å². The molecule has 2 aromatic carbocycles. The van der Waals surface area contributed by atoms with Crippen molar-refractivity contribution in [3.8, 4) is 11.3 Å². The second-order valence-corrected chi connectivity index (χ2v) is 12.8. The molecule has 4 atom stereocenters. The van der Waals surface area contributed by atoms with E-state index in [1.807, 2.05) is 13.8 Å². The van der Waals surface area contributed by atoms with E-state index in [-0.39, 0.29) is 41.5 Å². The molecule has 0 spiro atoms. The third-order valence-corrected chi connectivity index (χ3v) is 10.0. The van der Waals surface area contributed by atoms with Gasteiger partial charge in [-0.15, -0.1) is 11.3 Å². The highest BCUT2D eigenvalue weighted by Crippen LogP contribution is 2.57. The molecule has 11 heteroatoms. The smallest absolute Gasteiger partial charge is 0.335 e. The molecular formula is C29H27Cl2FN2O5S. The first-order valence-corrected chi connectivity index (χ1v) is 14.8. The van der Waals surface area contributed by atoms with Crippen molar-refractivity contribution >= 4 is 50.7 Å². The number of aliphatic hydroxyl groups is 1. The monoisotopic (exact) mass is 604 g/mol. The maximum Gasteiger partial charge on any atom is 0.335 e. The summed E-state index contributed by atoms with van der Waals surface area (Å²) >= 11 is 14.1. The summed E-state index contributed by atoms with van der Waals surface area (Å²) in [6, 6.07) is 7.67. The average Bonchev–Trinajstić information content (AvgIpc) is 3.55. The van der Waals surface area contributed by atoms with Crippen LogP contribution in [0, 0.1) is 17.7 Å². The van der Waals surface area contributed by atoms with Gasteiger partial charge in [-0.1, -0.05) is 48.3 Å². The summed E-state index contributed by atoms with van der Waals surface area (Å²) in [6.07, 6.45) is 2.69. The van der Waals surface area contributed by atoms with Gasteiger partial charge in [0.05, 0.1) is 33.0 Å². The number of fused-ring (bicyclic) bond motifs is 3. The molecule has 2 heterocycles. The molecule has 2 saturated carbocycles. The predicted octanol–water partition coefficient (Wildman–Crippen LogP) is 7.81. The number of aromatic carboxylic acids is 1. The molecule has 3 unspecified atom stereocenters. The van der Waals surface area contributed by atoms with Gasteiger partial charge in [0.25, 0.3) is 0 Å². The van der Waals surface area contributed by atoms with Crippen LogP contribution in [-0.4, -0.2) is 32.4 Å².